The molecule has 23 heavy (non-hydrogen) atoms. The standard InChI is InChI=1S/C18H26O2.C3H6/c1-3-4-5-8-14-11-16(19)18(17(20)12-14)15-9-6-7-13(2)10-15;1-3-2/h10-12,15,19-20H,3-9H2,1-2H3;3H,1H2,2H3. The topological polar surface area (TPSA) is 40.5 Å². The minimum Gasteiger partial charge on any atom is -0.507 e. The van der Waals surface area contributed by atoms with Gasteiger partial charge < -0.3 is 10.2 Å². The summed E-state index contributed by atoms with van der Waals surface area (Å²) in [6, 6.07) is 3.67. The maximum Gasteiger partial charge on any atom is 0.123 e. The van der Waals surface area contributed by atoms with Gasteiger partial charge in [0.05, 0.1) is 0 Å². The number of unbranched alkanes of at least 4 members (excludes halogenated alkanes) is 2. The van der Waals surface area contributed by atoms with Crippen LogP contribution >= 0.6 is 0 Å². The molecule has 1 aliphatic rings. The highest BCUT2D eigenvalue weighted by Gasteiger charge is 2.21. The van der Waals surface area contributed by atoms with Gasteiger partial charge >= 0.3 is 0 Å². The van der Waals surface area contributed by atoms with Gasteiger partial charge in [0.25, 0.3) is 0 Å². The van der Waals surface area contributed by atoms with E-state index in [0.29, 0.717) is 5.56 Å². The van der Waals surface area contributed by atoms with E-state index < -0.39 is 0 Å². The Hall–Kier alpha value is -1.70. The number of aromatic hydroxyl groups is 2. The SMILES string of the molecule is C=CC.CCCCCc1cc(O)c(C2C=C(C)CCC2)c(O)c1. The van der Waals surface area contributed by atoms with Gasteiger partial charge in [0, 0.05) is 11.5 Å². The average molecular weight is 316 g/mol. The molecule has 2 nitrogen and oxygen atoms in total. The third kappa shape index (κ3) is 6.13. The summed E-state index contributed by atoms with van der Waals surface area (Å²) < 4.78 is 0. The number of allylic oxidation sites excluding steroid dienone is 3. The van der Waals surface area contributed by atoms with E-state index >= 15 is 0 Å². The third-order valence-corrected chi connectivity index (χ3v) is 4.21. The number of benzene rings is 1. The molecule has 2 heteroatoms. The summed E-state index contributed by atoms with van der Waals surface area (Å²) in [4.78, 5) is 0. The van der Waals surface area contributed by atoms with Crippen LogP contribution in [0, 0.1) is 0 Å². The van der Waals surface area contributed by atoms with E-state index in [1.54, 1.807) is 6.08 Å². The molecule has 0 spiro atoms. The Labute approximate surface area is 141 Å². The summed E-state index contributed by atoms with van der Waals surface area (Å²) >= 11 is 0. The maximum atomic E-state index is 10.3. The van der Waals surface area contributed by atoms with Crippen LogP contribution in [-0.2, 0) is 6.42 Å². The molecule has 0 aliphatic heterocycles. The highest BCUT2D eigenvalue weighted by atomic mass is 16.3. The highest BCUT2D eigenvalue weighted by Crippen LogP contribution is 2.41. The first kappa shape index (κ1) is 19.3. The number of hydrogen-bond donors (Lipinski definition) is 2. The zero-order valence-corrected chi connectivity index (χ0v) is 14.9. The van der Waals surface area contributed by atoms with E-state index in [1.165, 1.54) is 18.4 Å². The van der Waals surface area contributed by atoms with E-state index in [-0.39, 0.29) is 17.4 Å². The van der Waals surface area contributed by atoms with Gasteiger partial charge in [-0.3, -0.25) is 0 Å². The predicted octanol–water partition coefficient (Wildman–Crippen LogP) is 6.24. The molecule has 0 radical (unpaired) electrons. The van der Waals surface area contributed by atoms with Crippen LogP contribution in [0.3, 0.4) is 0 Å². The molecule has 128 valence electrons. The number of rotatable bonds is 5. The molecule has 0 fully saturated rings. The fraction of sp³-hybridized carbons (Fsp3) is 0.524. The Bertz CT molecular complexity index is 506. The van der Waals surface area contributed by atoms with Crippen molar-refractivity contribution in [1.29, 1.82) is 0 Å². The molecule has 0 bridgehead atoms. The molecule has 0 saturated heterocycles. The first-order chi connectivity index (χ1) is 11.0. The van der Waals surface area contributed by atoms with Crippen LogP contribution in [0.2, 0.25) is 0 Å². The summed E-state index contributed by atoms with van der Waals surface area (Å²) in [6.45, 7) is 9.55. The smallest absolute Gasteiger partial charge is 0.123 e. The Morgan fingerprint density at radius 2 is 1.83 bits per heavy atom. The Balaban J connectivity index is 0.000000816. The summed E-state index contributed by atoms with van der Waals surface area (Å²) in [7, 11) is 0. The Morgan fingerprint density at radius 1 is 1.22 bits per heavy atom. The minimum absolute atomic E-state index is 0.161. The van der Waals surface area contributed by atoms with Gasteiger partial charge in [-0.2, -0.15) is 0 Å². The van der Waals surface area contributed by atoms with Crippen molar-refractivity contribution in [2.75, 3.05) is 0 Å². The molecular weight excluding hydrogens is 284 g/mol. The first-order valence-electron chi connectivity index (χ1n) is 8.82. The molecule has 0 aromatic heterocycles. The van der Waals surface area contributed by atoms with Gasteiger partial charge in [-0.25, -0.2) is 0 Å². The zero-order chi connectivity index (χ0) is 17.2. The van der Waals surface area contributed by atoms with Crippen molar-refractivity contribution < 1.29 is 10.2 Å². The molecular formula is C21H32O2. The van der Waals surface area contributed by atoms with Crippen molar-refractivity contribution in [2.24, 2.45) is 0 Å². The molecule has 1 aromatic rings. The lowest BCUT2D eigenvalue weighted by molar-refractivity contribution is 0.427. The second-order valence-electron chi connectivity index (χ2n) is 6.42. The van der Waals surface area contributed by atoms with Gasteiger partial charge in [0.15, 0.2) is 0 Å². The van der Waals surface area contributed by atoms with Crippen LogP contribution in [0.5, 0.6) is 11.5 Å². The third-order valence-electron chi connectivity index (χ3n) is 4.21. The molecule has 2 rings (SSSR count). The average Bonchev–Trinajstić information content (AvgIpc) is 2.48. The second kappa shape index (κ2) is 10.1. The van der Waals surface area contributed by atoms with Crippen molar-refractivity contribution in [3.63, 3.8) is 0 Å². The zero-order valence-electron chi connectivity index (χ0n) is 14.9. The van der Waals surface area contributed by atoms with Crippen molar-refractivity contribution in [3.05, 3.63) is 47.6 Å². The molecule has 1 unspecified atom stereocenters. The molecule has 1 atom stereocenters. The minimum atomic E-state index is 0.161. The van der Waals surface area contributed by atoms with E-state index in [2.05, 4.69) is 26.5 Å². The van der Waals surface area contributed by atoms with Crippen LogP contribution in [0.4, 0.5) is 0 Å². The fourth-order valence-electron chi connectivity index (χ4n) is 3.12. The van der Waals surface area contributed by atoms with Gasteiger partial charge in [0.2, 0.25) is 0 Å². The van der Waals surface area contributed by atoms with Gasteiger partial charge in [-0.1, -0.05) is 37.5 Å². The lowest BCUT2D eigenvalue weighted by Crippen LogP contribution is -2.03. The van der Waals surface area contributed by atoms with E-state index in [4.69, 9.17) is 0 Å². The second-order valence-corrected chi connectivity index (χ2v) is 6.42. The first-order valence-corrected chi connectivity index (χ1v) is 8.82. The lowest BCUT2D eigenvalue weighted by Gasteiger charge is -2.22. The van der Waals surface area contributed by atoms with Gasteiger partial charge in [-0.15, -0.1) is 6.58 Å². The largest absolute Gasteiger partial charge is 0.507 e. The number of phenols is 2. The molecule has 2 N–H and O–H groups in total. The monoisotopic (exact) mass is 316 g/mol. The van der Waals surface area contributed by atoms with Crippen molar-refractivity contribution >= 4 is 0 Å². The van der Waals surface area contributed by atoms with Crippen molar-refractivity contribution in [2.45, 2.75) is 71.6 Å². The Morgan fingerprint density at radius 3 is 2.35 bits per heavy atom. The fourth-order valence-corrected chi connectivity index (χ4v) is 3.12. The van der Waals surface area contributed by atoms with E-state index in [9.17, 15) is 10.2 Å². The van der Waals surface area contributed by atoms with Gasteiger partial charge in [-0.05, 0) is 63.6 Å². The summed E-state index contributed by atoms with van der Waals surface area (Å²) in [5.41, 5.74) is 3.10. The Kier molecular flexibility index (Phi) is 8.53. The normalized spacial score (nSPS) is 17.0. The van der Waals surface area contributed by atoms with Crippen molar-refractivity contribution in [3.8, 4) is 11.5 Å². The lowest BCUT2D eigenvalue weighted by atomic mass is 9.84. The molecule has 1 aliphatic carbocycles. The van der Waals surface area contributed by atoms with E-state index in [0.717, 1.165) is 37.7 Å². The van der Waals surface area contributed by atoms with Crippen molar-refractivity contribution in [1.82, 2.24) is 0 Å². The number of aryl methyl sites for hydroxylation is 1. The van der Waals surface area contributed by atoms with E-state index in [1.807, 2.05) is 19.1 Å². The molecule has 0 saturated carbocycles. The van der Waals surface area contributed by atoms with Crippen LogP contribution < -0.4 is 0 Å². The van der Waals surface area contributed by atoms with Gasteiger partial charge in [0.1, 0.15) is 11.5 Å². The molecule has 1 aromatic carbocycles. The molecule has 0 amide bonds. The van der Waals surface area contributed by atoms with Crippen LogP contribution in [0.1, 0.15) is 76.3 Å². The summed E-state index contributed by atoms with van der Waals surface area (Å²) in [6.07, 6.45) is 11.6. The highest BCUT2D eigenvalue weighted by molar-refractivity contribution is 5.50. The van der Waals surface area contributed by atoms with Crippen LogP contribution in [0.15, 0.2) is 36.4 Å². The summed E-state index contributed by atoms with van der Waals surface area (Å²) in [5, 5.41) is 20.6. The quantitative estimate of drug-likeness (QED) is 0.499. The predicted molar refractivity (Wildman–Crippen MR) is 99.2 cm³/mol. The van der Waals surface area contributed by atoms with Crippen LogP contribution in [-0.4, -0.2) is 10.2 Å². The summed E-state index contributed by atoms with van der Waals surface area (Å²) in [5.74, 6) is 0.674. The number of hydrogen-bond acceptors (Lipinski definition) is 2. The van der Waals surface area contributed by atoms with Crippen LogP contribution in [0.25, 0.3) is 0 Å². The molecule has 0 heterocycles. The maximum absolute atomic E-state index is 10.3. The number of phenolic OH excluding ortho intramolecular Hbond substituents is 2.